The fraction of sp³-hybridized carbons (Fsp3) is 0.333. The molecule has 5 heteroatoms. The van der Waals surface area contributed by atoms with E-state index in [-0.39, 0.29) is 24.4 Å². The molecule has 0 saturated heterocycles. The van der Waals surface area contributed by atoms with Crippen LogP contribution in [-0.4, -0.2) is 32.1 Å². The van der Waals surface area contributed by atoms with Crippen LogP contribution in [0.25, 0.3) is 0 Å². The minimum Gasteiger partial charge on any atom is -0.469 e. The molecule has 0 aromatic heterocycles. The van der Waals surface area contributed by atoms with Crippen LogP contribution in [0.15, 0.2) is 48.5 Å². The van der Waals surface area contributed by atoms with Crippen LogP contribution in [0.5, 0.6) is 0 Å². The molecule has 138 valence electrons. The van der Waals surface area contributed by atoms with Crippen LogP contribution < -0.4 is 0 Å². The molecule has 0 saturated carbocycles. The fourth-order valence-corrected chi connectivity index (χ4v) is 3.07. The number of rotatable bonds is 9. The molecule has 0 N–H and O–H groups in total. The molecule has 0 aliphatic heterocycles. The van der Waals surface area contributed by atoms with Crippen LogP contribution in [0, 0.1) is 0 Å². The number of methoxy groups -OCH3 is 1. The van der Waals surface area contributed by atoms with Gasteiger partial charge in [0, 0.05) is 23.1 Å². The van der Waals surface area contributed by atoms with Gasteiger partial charge in [-0.05, 0) is 36.6 Å². The van der Waals surface area contributed by atoms with Gasteiger partial charge < -0.3 is 9.47 Å². The minimum absolute atomic E-state index is 0.0593. The van der Waals surface area contributed by atoms with Crippen molar-refractivity contribution >= 4 is 23.9 Å². The van der Waals surface area contributed by atoms with Crippen molar-refractivity contribution in [2.45, 2.75) is 31.8 Å². The van der Waals surface area contributed by atoms with Crippen molar-refractivity contribution in [3.8, 4) is 0 Å². The predicted octanol–water partition coefficient (Wildman–Crippen LogP) is 4.45. The van der Waals surface area contributed by atoms with Gasteiger partial charge >= 0.3 is 5.97 Å². The van der Waals surface area contributed by atoms with Crippen LogP contribution in [0.4, 0.5) is 0 Å². The Morgan fingerprint density at radius 2 is 1.77 bits per heavy atom. The number of ether oxygens (including phenoxy) is 2. The highest BCUT2D eigenvalue weighted by Crippen LogP contribution is 2.29. The van der Waals surface area contributed by atoms with Gasteiger partial charge in [-0.15, -0.1) is 0 Å². The Bertz CT molecular complexity index is 710. The van der Waals surface area contributed by atoms with Gasteiger partial charge in [-0.3, -0.25) is 9.59 Å². The highest BCUT2D eigenvalue weighted by Gasteiger charge is 2.27. The molecule has 2 aromatic rings. The average Bonchev–Trinajstić information content (AvgIpc) is 2.67. The van der Waals surface area contributed by atoms with Gasteiger partial charge in [-0.25, -0.2) is 0 Å². The standard InChI is InChI=1S/C21H23ClO4/c1-3-26-20(13-21(24)25-2)19(12-15-6-10-18(22)11-7-15)17-8-4-16(14-23)5-9-17/h4-11,14,19-20H,3,12-13H2,1-2H3. The molecule has 0 bridgehead atoms. The van der Waals surface area contributed by atoms with Crippen LogP contribution in [0.1, 0.15) is 40.7 Å². The molecular weight excluding hydrogens is 352 g/mol. The summed E-state index contributed by atoms with van der Waals surface area (Å²) in [5.41, 5.74) is 2.71. The Morgan fingerprint density at radius 1 is 1.12 bits per heavy atom. The van der Waals surface area contributed by atoms with Crippen LogP contribution >= 0.6 is 11.6 Å². The maximum atomic E-state index is 11.9. The summed E-state index contributed by atoms with van der Waals surface area (Å²) in [5.74, 6) is -0.370. The Hall–Kier alpha value is -2.17. The number of carbonyl (C=O) groups is 2. The first-order chi connectivity index (χ1) is 12.6. The topological polar surface area (TPSA) is 52.6 Å². The Balaban J connectivity index is 2.34. The molecule has 2 atom stereocenters. The summed E-state index contributed by atoms with van der Waals surface area (Å²) in [4.78, 5) is 22.8. The number of benzene rings is 2. The maximum absolute atomic E-state index is 11.9. The van der Waals surface area contributed by atoms with E-state index < -0.39 is 0 Å². The normalized spacial score (nSPS) is 13.0. The van der Waals surface area contributed by atoms with Gasteiger partial charge in [0.1, 0.15) is 6.29 Å². The molecular formula is C21H23ClO4. The summed E-state index contributed by atoms with van der Waals surface area (Å²) in [6.45, 7) is 2.39. The number of hydrogen-bond donors (Lipinski definition) is 0. The summed E-state index contributed by atoms with van der Waals surface area (Å²) in [6, 6.07) is 15.0. The number of halogens is 1. The van der Waals surface area contributed by atoms with Crippen molar-refractivity contribution in [2.75, 3.05) is 13.7 Å². The van der Waals surface area contributed by atoms with Crippen LogP contribution in [0.3, 0.4) is 0 Å². The van der Waals surface area contributed by atoms with Crippen molar-refractivity contribution in [3.63, 3.8) is 0 Å². The van der Waals surface area contributed by atoms with E-state index in [1.54, 1.807) is 12.1 Å². The molecule has 2 unspecified atom stereocenters. The van der Waals surface area contributed by atoms with Crippen molar-refractivity contribution in [1.82, 2.24) is 0 Å². The third-order valence-corrected chi connectivity index (χ3v) is 4.55. The molecule has 0 aliphatic carbocycles. The zero-order valence-electron chi connectivity index (χ0n) is 15.0. The van der Waals surface area contributed by atoms with Gasteiger partial charge in [0.05, 0.1) is 19.6 Å². The molecule has 0 amide bonds. The highest BCUT2D eigenvalue weighted by atomic mass is 35.5. The molecule has 0 aliphatic rings. The Morgan fingerprint density at radius 3 is 2.31 bits per heavy atom. The second kappa shape index (κ2) is 10.1. The van der Waals surface area contributed by atoms with E-state index in [1.807, 2.05) is 43.3 Å². The second-order valence-electron chi connectivity index (χ2n) is 6.00. The first kappa shape index (κ1) is 20.1. The third-order valence-electron chi connectivity index (χ3n) is 4.29. The quantitative estimate of drug-likeness (QED) is 0.480. The monoisotopic (exact) mass is 374 g/mol. The van der Waals surface area contributed by atoms with Gasteiger partial charge in [0.25, 0.3) is 0 Å². The summed E-state index contributed by atoms with van der Waals surface area (Å²) < 4.78 is 10.7. The average molecular weight is 375 g/mol. The molecule has 2 aromatic carbocycles. The van der Waals surface area contributed by atoms with Crippen molar-refractivity contribution in [1.29, 1.82) is 0 Å². The fourth-order valence-electron chi connectivity index (χ4n) is 2.94. The third kappa shape index (κ3) is 5.68. The maximum Gasteiger partial charge on any atom is 0.308 e. The largest absolute Gasteiger partial charge is 0.469 e. The zero-order chi connectivity index (χ0) is 18.9. The van der Waals surface area contributed by atoms with Crippen LogP contribution in [0.2, 0.25) is 5.02 Å². The van der Waals surface area contributed by atoms with E-state index in [9.17, 15) is 9.59 Å². The van der Waals surface area contributed by atoms with Gasteiger partial charge in [-0.1, -0.05) is 48.0 Å². The lowest BCUT2D eigenvalue weighted by Crippen LogP contribution is -2.28. The van der Waals surface area contributed by atoms with Gasteiger partial charge in [-0.2, -0.15) is 0 Å². The number of hydrogen-bond acceptors (Lipinski definition) is 4. The Kier molecular flexibility index (Phi) is 7.82. The predicted molar refractivity (Wildman–Crippen MR) is 102 cm³/mol. The summed E-state index contributed by atoms with van der Waals surface area (Å²) in [7, 11) is 1.37. The lowest BCUT2D eigenvalue weighted by atomic mass is 9.85. The summed E-state index contributed by atoms with van der Waals surface area (Å²) in [5, 5.41) is 0.677. The van der Waals surface area contributed by atoms with E-state index in [4.69, 9.17) is 21.1 Å². The van der Waals surface area contributed by atoms with Gasteiger partial charge in [0.15, 0.2) is 0 Å². The number of esters is 1. The smallest absolute Gasteiger partial charge is 0.308 e. The molecule has 2 rings (SSSR count). The van der Waals surface area contributed by atoms with Crippen molar-refractivity contribution < 1.29 is 19.1 Å². The van der Waals surface area contributed by atoms with E-state index in [0.29, 0.717) is 23.6 Å². The highest BCUT2D eigenvalue weighted by molar-refractivity contribution is 6.30. The zero-order valence-corrected chi connectivity index (χ0v) is 15.7. The van der Waals surface area contributed by atoms with E-state index >= 15 is 0 Å². The molecule has 4 nitrogen and oxygen atoms in total. The summed E-state index contributed by atoms with van der Waals surface area (Å²) >= 11 is 5.98. The van der Waals surface area contributed by atoms with Crippen LogP contribution in [-0.2, 0) is 20.7 Å². The molecule has 0 radical (unpaired) electrons. The number of carbonyl (C=O) groups excluding carboxylic acids is 2. The first-order valence-corrected chi connectivity index (χ1v) is 8.93. The molecule has 0 heterocycles. The molecule has 0 spiro atoms. The summed E-state index contributed by atoms with van der Waals surface area (Å²) in [6.07, 6.45) is 1.33. The first-order valence-electron chi connectivity index (χ1n) is 8.55. The molecule has 0 fully saturated rings. The van der Waals surface area contributed by atoms with E-state index in [2.05, 4.69) is 0 Å². The lowest BCUT2D eigenvalue weighted by Gasteiger charge is -2.27. The van der Waals surface area contributed by atoms with Gasteiger partial charge in [0.2, 0.25) is 0 Å². The lowest BCUT2D eigenvalue weighted by molar-refractivity contribution is -0.144. The van der Waals surface area contributed by atoms with Crippen molar-refractivity contribution in [2.24, 2.45) is 0 Å². The Labute approximate surface area is 159 Å². The van der Waals surface area contributed by atoms with E-state index in [1.165, 1.54) is 7.11 Å². The number of aldehydes is 1. The minimum atomic E-state index is -0.329. The van der Waals surface area contributed by atoms with Crippen molar-refractivity contribution in [3.05, 3.63) is 70.2 Å². The molecule has 26 heavy (non-hydrogen) atoms. The second-order valence-corrected chi connectivity index (χ2v) is 6.43. The SMILES string of the molecule is CCOC(CC(=O)OC)C(Cc1ccc(Cl)cc1)c1ccc(C=O)cc1. The van der Waals surface area contributed by atoms with E-state index in [0.717, 1.165) is 17.4 Å².